The monoisotopic (exact) mass is 215 g/mol. The first-order valence-corrected chi connectivity index (χ1v) is 5.52. The highest BCUT2D eigenvalue weighted by Crippen LogP contribution is 2.28. The Bertz CT molecular complexity index is 492. The quantitative estimate of drug-likeness (QED) is 0.788. The van der Waals surface area contributed by atoms with E-state index in [1.165, 1.54) is 0 Å². The van der Waals surface area contributed by atoms with E-state index in [4.69, 9.17) is 0 Å². The Balaban J connectivity index is 2.13. The first kappa shape index (κ1) is 9.54. The van der Waals surface area contributed by atoms with Crippen LogP contribution in [0.2, 0.25) is 0 Å². The molecular formula is C12H13N3O. The molecule has 0 aliphatic carbocycles. The summed E-state index contributed by atoms with van der Waals surface area (Å²) in [6.45, 7) is 0. The van der Waals surface area contributed by atoms with Crippen LogP contribution in [0.3, 0.4) is 0 Å². The fourth-order valence-corrected chi connectivity index (χ4v) is 2.19. The minimum Gasteiger partial charge on any atom is -0.373 e. The number of nitrogens with zero attached hydrogens (tertiary/aromatic N) is 3. The van der Waals surface area contributed by atoms with Gasteiger partial charge in [0.05, 0.1) is 0 Å². The van der Waals surface area contributed by atoms with E-state index in [1.54, 1.807) is 6.20 Å². The number of aliphatic hydroxyl groups is 1. The van der Waals surface area contributed by atoms with E-state index < -0.39 is 6.23 Å². The van der Waals surface area contributed by atoms with E-state index in [1.807, 2.05) is 29.0 Å². The van der Waals surface area contributed by atoms with Gasteiger partial charge in [0.2, 0.25) is 0 Å². The maximum Gasteiger partial charge on any atom is 0.160 e. The average molecular weight is 215 g/mol. The molecule has 0 saturated heterocycles. The van der Waals surface area contributed by atoms with Gasteiger partial charge in [0.1, 0.15) is 11.9 Å². The predicted octanol–water partition coefficient (Wildman–Crippen LogP) is 1.77. The molecule has 1 aliphatic rings. The summed E-state index contributed by atoms with van der Waals surface area (Å²) in [5.74, 6) is 0.766. The fourth-order valence-electron chi connectivity index (χ4n) is 2.19. The molecule has 0 radical (unpaired) electrons. The van der Waals surface area contributed by atoms with E-state index in [0.717, 1.165) is 36.5 Å². The zero-order valence-electron chi connectivity index (χ0n) is 8.87. The molecule has 0 saturated carbocycles. The van der Waals surface area contributed by atoms with Crippen molar-refractivity contribution in [2.24, 2.45) is 0 Å². The van der Waals surface area contributed by atoms with Crippen LogP contribution in [-0.4, -0.2) is 19.6 Å². The highest BCUT2D eigenvalue weighted by atomic mass is 16.3. The summed E-state index contributed by atoms with van der Waals surface area (Å²) in [5, 5.41) is 9.99. The number of aromatic nitrogens is 3. The standard InChI is InChI=1S/C12H13N3O/c16-11-6-3-4-9-8-14-12(15(9)11)10-5-1-2-7-13-10/h1-2,5,7-8,11,16H,3-4,6H2. The van der Waals surface area contributed by atoms with Crippen molar-refractivity contribution in [3.63, 3.8) is 0 Å². The van der Waals surface area contributed by atoms with Gasteiger partial charge in [-0.25, -0.2) is 4.98 Å². The van der Waals surface area contributed by atoms with Crippen molar-refractivity contribution >= 4 is 0 Å². The second-order valence-electron chi connectivity index (χ2n) is 4.03. The first-order valence-electron chi connectivity index (χ1n) is 5.52. The van der Waals surface area contributed by atoms with Gasteiger partial charge in [-0.05, 0) is 31.4 Å². The van der Waals surface area contributed by atoms with Crippen LogP contribution in [0.5, 0.6) is 0 Å². The first-order chi connectivity index (χ1) is 7.86. The van der Waals surface area contributed by atoms with E-state index in [2.05, 4.69) is 9.97 Å². The Morgan fingerprint density at radius 3 is 3.06 bits per heavy atom. The van der Waals surface area contributed by atoms with Crippen LogP contribution in [0.1, 0.15) is 24.8 Å². The molecule has 0 bridgehead atoms. The lowest BCUT2D eigenvalue weighted by molar-refractivity contribution is 0.0806. The highest BCUT2D eigenvalue weighted by molar-refractivity contribution is 5.50. The molecule has 1 N–H and O–H groups in total. The number of rotatable bonds is 1. The van der Waals surface area contributed by atoms with Gasteiger partial charge in [-0.3, -0.25) is 4.98 Å². The summed E-state index contributed by atoms with van der Waals surface area (Å²) >= 11 is 0. The number of imidazole rings is 1. The Morgan fingerprint density at radius 2 is 2.25 bits per heavy atom. The Kier molecular flexibility index (Phi) is 2.22. The molecule has 0 aromatic carbocycles. The van der Waals surface area contributed by atoms with Crippen LogP contribution in [0.25, 0.3) is 11.5 Å². The molecule has 82 valence electrons. The number of fused-ring (bicyclic) bond motifs is 1. The Hall–Kier alpha value is -1.68. The van der Waals surface area contributed by atoms with Crippen LogP contribution in [0.15, 0.2) is 30.6 Å². The van der Waals surface area contributed by atoms with Gasteiger partial charge in [-0.15, -0.1) is 0 Å². The van der Waals surface area contributed by atoms with E-state index in [0.29, 0.717) is 0 Å². The molecule has 0 fully saturated rings. The van der Waals surface area contributed by atoms with E-state index in [-0.39, 0.29) is 0 Å². The normalized spacial score (nSPS) is 19.4. The highest BCUT2D eigenvalue weighted by Gasteiger charge is 2.22. The van der Waals surface area contributed by atoms with Crippen molar-refractivity contribution in [1.82, 2.24) is 14.5 Å². The summed E-state index contributed by atoms with van der Waals surface area (Å²) < 4.78 is 1.89. The molecule has 3 rings (SSSR count). The van der Waals surface area contributed by atoms with Gasteiger partial charge >= 0.3 is 0 Å². The van der Waals surface area contributed by atoms with E-state index in [9.17, 15) is 5.11 Å². The topological polar surface area (TPSA) is 50.9 Å². The van der Waals surface area contributed by atoms with Gasteiger partial charge in [0, 0.05) is 18.1 Å². The molecule has 1 aliphatic heterocycles. The third kappa shape index (κ3) is 1.42. The summed E-state index contributed by atoms with van der Waals surface area (Å²) in [4.78, 5) is 8.63. The average Bonchev–Trinajstić information content (AvgIpc) is 2.75. The lowest BCUT2D eigenvalue weighted by Gasteiger charge is -2.22. The van der Waals surface area contributed by atoms with Crippen molar-refractivity contribution in [2.75, 3.05) is 0 Å². The van der Waals surface area contributed by atoms with Crippen LogP contribution in [0, 0.1) is 0 Å². The molecule has 4 nitrogen and oxygen atoms in total. The van der Waals surface area contributed by atoms with Crippen LogP contribution in [0.4, 0.5) is 0 Å². The van der Waals surface area contributed by atoms with Crippen LogP contribution >= 0.6 is 0 Å². The van der Waals surface area contributed by atoms with Crippen LogP contribution in [-0.2, 0) is 6.42 Å². The zero-order valence-corrected chi connectivity index (χ0v) is 8.87. The number of aliphatic hydroxyl groups excluding tert-OH is 1. The van der Waals surface area contributed by atoms with Crippen molar-refractivity contribution in [1.29, 1.82) is 0 Å². The number of hydrogen-bond acceptors (Lipinski definition) is 3. The molecule has 4 heteroatoms. The van der Waals surface area contributed by atoms with Gasteiger partial charge in [0.15, 0.2) is 5.82 Å². The lowest BCUT2D eigenvalue weighted by Crippen LogP contribution is -2.17. The summed E-state index contributed by atoms with van der Waals surface area (Å²) in [5.41, 5.74) is 1.91. The molecule has 3 heterocycles. The second-order valence-corrected chi connectivity index (χ2v) is 4.03. The molecule has 2 aromatic heterocycles. The largest absolute Gasteiger partial charge is 0.373 e. The smallest absolute Gasteiger partial charge is 0.160 e. The predicted molar refractivity (Wildman–Crippen MR) is 59.7 cm³/mol. The summed E-state index contributed by atoms with van der Waals surface area (Å²) in [7, 11) is 0. The molecule has 0 amide bonds. The minimum absolute atomic E-state index is 0.455. The van der Waals surface area contributed by atoms with Gasteiger partial charge in [-0.2, -0.15) is 0 Å². The zero-order chi connectivity index (χ0) is 11.0. The van der Waals surface area contributed by atoms with Gasteiger partial charge < -0.3 is 9.67 Å². The molecule has 1 unspecified atom stereocenters. The van der Waals surface area contributed by atoms with Gasteiger partial charge in [0.25, 0.3) is 0 Å². The van der Waals surface area contributed by atoms with Gasteiger partial charge in [-0.1, -0.05) is 6.07 Å². The summed E-state index contributed by atoms with van der Waals surface area (Å²) in [6.07, 6.45) is 5.93. The number of pyridine rings is 1. The van der Waals surface area contributed by atoms with Crippen molar-refractivity contribution < 1.29 is 5.11 Å². The minimum atomic E-state index is -0.455. The van der Waals surface area contributed by atoms with Crippen molar-refractivity contribution in [2.45, 2.75) is 25.5 Å². The number of hydrogen-bond donors (Lipinski definition) is 1. The van der Waals surface area contributed by atoms with Crippen molar-refractivity contribution in [3.05, 3.63) is 36.3 Å². The Labute approximate surface area is 93.6 Å². The van der Waals surface area contributed by atoms with Crippen LogP contribution < -0.4 is 0 Å². The molecule has 16 heavy (non-hydrogen) atoms. The third-order valence-electron chi connectivity index (χ3n) is 2.96. The Morgan fingerprint density at radius 1 is 1.31 bits per heavy atom. The maximum absolute atomic E-state index is 9.99. The number of aryl methyl sites for hydroxylation is 1. The molecule has 0 spiro atoms. The second kappa shape index (κ2) is 3.72. The molecular weight excluding hydrogens is 202 g/mol. The summed E-state index contributed by atoms with van der Waals surface area (Å²) in [6, 6.07) is 5.72. The lowest BCUT2D eigenvalue weighted by atomic mass is 10.1. The van der Waals surface area contributed by atoms with Crippen molar-refractivity contribution in [3.8, 4) is 11.5 Å². The third-order valence-corrected chi connectivity index (χ3v) is 2.96. The fraction of sp³-hybridized carbons (Fsp3) is 0.333. The SMILES string of the molecule is OC1CCCc2cnc(-c3ccccn3)n21. The van der Waals surface area contributed by atoms with E-state index >= 15 is 0 Å². The maximum atomic E-state index is 9.99. The molecule has 2 aromatic rings. The molecule has 1 atom stereocenters.